The molecule has 1 fully saturated rings. The first-order valence-corrected chi connectivity index (χ1v) is 12.3. The Balaban J connectivity index is 1.85. The van der Waals surface area contributed by atoms with Gasteiger partial charge in [0.25, 0.3) is 11.7 Å². The Bertz CT molecular complexity index is 1290. The lowest BCUT2D eigenvalue weighted by molar-refractivity contribution is -0.140. The van der Waals surface area contributed by atoms with E-state index in [-0.39, 0.29) is 17.9 Å². The van der Waals surface area contributed by atoms with Gasteiger partial charge < -0.3 is 24.2 Å². The van der Waals surface area contributed by atoms with E-state index in [9.17, 15) is 14.7 Å². The standard InChI is InChI=1S/C29H30N2O6/c1-4-35-22-10-7-20(8-11-22)27(32)25-26(21-9-12-23(36-5-2)24(17-21)37-6-3)31(29(34)28(25)33)18-19-13-15-30-16-14-19/h7-17,26,32H,4-6,18H2,1-3H3. The van der Waals surface area contributed by atoms with Crippen molar-refractivity contribution in [1.29, 1.82) is 0 Å². The van der Waals surface area contributed by atoms with Crippen LogP contribution in [0.25, 0.3) is 5.76 Å². The Kier molecular flexibility index (Phi) is 8.08. The number of ketones is 1. The Hall–Kier alpha value is -4.33. The molecule has 2 heterocycles. The van der Waals surface area contributed by atoms with Gasteiger partial charge in [-0.3, -0.25) is 14.6 Å². The molecule has 0 spiro atoms. The number of benzene rings is 2. The quantitative estimate of drug-likeness (QED) is 0.239. The fourth-order valence-electron chi connectivity index (χ4n) is 4.34. The van der Waals surface area contributed by atoms with E-state index in [0.717, 1.165) is 5.56 Å². The van der Waals surface area contributed by atoms with Crippen LogP contribution in [0.15, 0.2) is 72.6 Å². The Morgan fingerprint density at radius 3 is 2.16 bits per heavy atom. The van der Waals surface area contributed by atoms with E-state index in [1.165, 1.54) is 4.90 Å². The number of carbonyl (C=O) groups is 2. The zero-order valence-electron chi connectivity index (χ0n) is 21.1. The van der Waals surface area contributed by atoms with E-state index in [1.54, 1.807) is 67.0 Å². The van der Waals surface area contributed by atoms with E-state index < -0.39 is 17.7 Å². The van der Waals surface area contributed by atoms with Gasteiger partial charge in [-0.25, -0.2) is 0 Å². The highest BCUT2D eigenvalue weighted by Crippen LogP contribution is 2.42. The highest BCUT2D eigenvalue weighted by Gasteiger charge is 2.46. The molecule has 1 saturated heterocycles. The summed E-state index contributed by atoms with van der Waals surface area (Å²) in [5.41, 5.74) is 1.84. The Morgan fingerprint density at radius 1 is 0.865 bits per heavy atom. The van der Waals surface area contributed by atoms with E-state index in [2.05, 4.69) is 4.98 Å². The lowest BCUT2D eigenvalue weighted by Crippen LogP contribution is -2.29. The zero-order valence-corrected chi connectivity index (χ0v) is 21.1. The molecule has 0 aliphatic carbocycles. The van der Waals surface area contributed by atoms with Gasteiger partial charge in [-0.05, 0) is 80.4 Å². The summed E-state index contributed by atoms with van der Waals surface area (Å²) in [5.74, 6) is -0.00128. The Morgan fingerprint density at radius 2 is 1.51 bits per heavy atom. The number of hydrogen-bond acceptors (Lipinski definition) is 7. The van der Waals surface area contributed by atoms with E-state index >= 15 is 0 Å². The van der Waals surface area contributed by atoms with Gasteiger partial charge in [0.15, 0.2) is 11.5 Å². The summed E-state index contributed by atoms with van der Waals surface area (Å²) in [6.07, 6.45) is 3.26. The van der Waals surface area contributed by atoms with Gasteiger partial charge in [0.2, 0.25) is 0 Å². The number of carbonyl (C=O) groups excluding carboxylic acids is 2. The van der Waals surface area contributed by atoms with Crippen LogP contribution in [0.1, 0.15) is 43.5 Å². The van der Waals surface area contributed by atoms with Crippen LogP contribution < -0.4 is 14.2 Å². The van der Waals surface area contributed by atoms with Gasteiger partial charge in [0, 0.05) is 24.5 Å². The number of aliphatic hydroxyl groups excluding tert-OH is 1. The number of amides is 1. The number of aromatic nitrogens is 1. The van der Waals surface area contributed by atoms with Crippen LogP contribution in [0.3, 0.4) is 0 Å². The number of nitrogens with zero attached hydrogens (tertiary/aromatic N) is 2. The maximum absolute atomic E-state index is 13.4. The second-order valence-corrected chi connectivity index (χ2v) is 8.31. The third-order valence-electron chi connectivity index (χ3n) is 5.96. The minimum atomic E-state index is -0.838. The molecule has 192 valence electrons. The summed E-state index contributed by atoms with van der Waals surface area (Å²) in [7, 11) is 0. The summed E-state index contributed by atoms with van der Waals surface area (Å²) in [6, 6.07) is 14.8. The maximum atomic E-state index is 13.4. The van der Waals surface area contributed by atoms with Crippen molar-refractivity contribution in [2.75, 3.05) is 19.8 Å². The number of ether oxygens (including phenoxy) is 3. The van der Waals surface area contributed by atoms with E-state index in [4.69, 9.17) is 14.2 Å². The van der Waals surface area contributed by atoms with Crippen LogP contribution >= 0.6 is 0 Å². The Labute approximate surface area is 216 Å². The van der Waals surface area contributed by atoms with E-state index in [0.29, 0.717) is 48.2 Å². The molecule has 1 N–H and O–H groups in total. The summed E-state index contributed by atoms with van der Waals surface area (Å²) >= 11 is 0. The second-order valence-electron chi connectivity index (χ2n) is 8.31. The molecule has 0 radical (unpaired) electrons. The van der Waals surface area contributed by atoms with Crippen molar-refractivity contribution in [3.8, 4) is 17.2 Å². The van der Waals surface area contributed by atoms with Crippen molar-refractivity contribution in [3.63, 3.8) is 0 Å². The molecule has 1 aliphatic heterocycles. The van der Waals surface area contributed by atoms with E-state index in [1.807, 2.05) is 20.8 Å². The first kappa shape index (κ1) is 25.8. The topological polar surface area (TPSA) is 98.2 Å². The predicted octanol–water partition coefficient (Wildman–Crippen LogP) is 4.90. The van der Waals surface area contributed by atoms with Crippen LogP contribution in [0, 0.1) is 0 Å². The fourth-order valence-corrected chi connectivity index (χ4v) is 4.34. The molecule has 37 heavy (non-hydrogen) atoms. The minimum Gasteiger partial charge on any atom is -0.507 e. The van der Waals surface area contributed by atoms with Crippen LogP contribution in [0.4, 0.5) is 0 Å². The first-order chi connectivity index (χ1) is 18.0. The van der Waals surface area contributed by atoms with Crippen molar-refractivity contribution in [2.24, 2.45) is 0 Å². The third kappa shape index (κ3) is 5.43. The van der Waals surface area contributed by atoms with Crippen molar-refractivity contribution < 1.29 is 28.9 Å². The zero-order chi connectivity index (χ0) is 26.4. The molecule has 0 bridgehead atoms. The molecular formula is C29H30N2O6. The van der Waals surface area contributed by atoms with Crippen molar-refractivity contribution in [2.45, 2.75) is 33.4 Å². The van der Waals surface area contributed by atoms with Gasteiger partial charge in [0.1, 0.15) is 11.5 Å². The molecule has 1 aliphatic rings. The molecule has 1 amide bonds. The first-order valence-electron chi connectivity index (χ1n) is 12.3. The summed E-state index contributed by atoms with van der Waals surface area (Å²) in [4.78, 5) is 32.1. The van der Waals surface area contributed by atoms with Gasteiger partial charge >= 0.3 is 0 Å². The lowest BCUT2D eigenvalue weighted by atomic mass is 9.94. The highest BCUT2D eigenvalue weighted by molar-refractivity contribution is 6.46. The fraction of sp³-hybridized carbons (Fsp3) is 0.276. The van der Waals surface area contributed by atoms with Crippen LogP contribution in [-0.4, -0.2) is 46.5 Å². The number of aliphatic hydroxyl groups is 1. The average Bonchev–Trinajstić information content (AvgIpc) is 3.16. The normalized spacial score (nSPS) is 16.6. The van der Waals surface area contributed by atoms with Crippen LogP contribution in [-0.2, 0) is 16.1 Å². The lowest BCUT2D eigenvalue weighted by Gasteiger charge is -2.26. The molecule has 8 nitrogen and oxygen atoms in total. The molecule has 3 aromatic rings. The SMILES string of the molecule is CCOc1ccc(C(O)=C2C(=O)C(=O)N(Cc3ccncc3)C2c2ccc(OCC)c(OCC)c2)cc1. The van der Waals surface area contributed by atoms with Crippen molar-refractivity contribution in [1.82, 2.24) is 9.88 Å². The average molecular weight is 503 g/mol. The number of hydrogen-bond donors (Lipinski definition) is 1. The summed E-state index contributed by atoms with van der Waals surface area (Å²) in [5, 5.41) is 11.3. The number of likely N-dealkylation sites (tertiary alicyclic amines) is 1. The van der Waals surface area contributed by atoms with Crippen LogP contribution in [0.5, 0.6) is 17.2 Å². The monoisotopic (exact) mass is 502 g/mol. The molecule has 1 aromatic heterocycles. The maximum Gasteiger partial charge on any atom is 0.295 e. The highest BCUT2D eigenvalue weighted by atomic mass is 16.5. The largest absolute Gasteiger partial charge is 0.507 e. The molecule has 4 rings (SSSR count). The molecular weight excluding hydrogens is 472 g/mol. The predicted molar refractivity (Wildman–Crippen MR) is 138 cm³/mol. The second kappa shape index (κ2) is 11.6. The number of rotatable bonds is 10. The molecule has 2 aromatic carbocycles. The summed E-state index contributed by atoms with van der Waals surface area (Å²) < 4.78 is 17.0. The third-order valence-corrected chi connectivity index (χ3v) is 5.96. The summed E-state index contributed by atoms with van der Waals surface area (Å²) in [6.45, 7) is 7.16. The molecule has 1 unspecified atom stereocenters. The molecule has 8 heteroatoms. The van der Waals surface area contributed by atoms with Gasteiger partial charge in [-0.2, -0.15) is 0 Å². The molecule has 1 atom stereocenters. The van der Waals surface area contributed by atoms with Crippen molar-refractivity contribution in [3.05, 3.63) is 89.3 Å². The molecule has 0 saturated carbocycles. The van der Waals surface area contributed by atoms with Crippen molar-refractivity contribution >= 4 is 17.4 Å². The van der Waals surface area contributed by atoms with Gasteiger partial charge in [-0.15, -0.1) is 0 Å². The van der Waals surface area contributed by atoms with Gasteiger partial charge in [0.05, 0.1) is 31.4 Å². The number of Topliss-reactive ketones (excluding diaryl/α,β-unsaturated/α-hetero) is 1. The smallest absolute Gasteiger partial charge is 0.295 e. The minimum absolute atomic E-state index is 0.00910. The van der Waals surface area contributed by atoms with Crippen LogP contribution in [0.2, 0.25) is 0 Å². The van der Waals surface area contributed by atoms with Gasteiger partial charge in [-0.1, -0.05) is 6.07 Å². The number of pyridine rings is 1.